The lowest BCUT2D eigenvalue weighted by molar-refractivity contribution is -0.196. The number of fused-ring (bicyclic) bond motifs is 7. The van der Waals surface area contributed by atoms with E-state index in [1.165, 1.54) is 11.6 Å². The molecule has 4 saturated carbocycles. The number of carbonyl (C=O) groups excluding carboxylic acids is 3. The van der Waals surface area contributed by atoms with Crippen molar-refractivity contribution in [3.8, 4) is 0 Å². The summed E-state index contributed by atoms with van der Waals surface area (Å²) in [4.78, 5) is 41.4. The molecule has 6 heteroatoms. The molecule has 0 aliphatic heterocycles. The molecule has 1 N–H and O–H groups in total. The van der Waals surface area contributed by atoms with Crippen LogP contribution in [-0.4, -0.2) is 31.3 Å². The molecule has 0 saturated heterocycles. The first-order valence-electron chi connectivity index (χ1n) is 17.8. The summed E-state index contributed by atoms with van der Waals surface area (Å²) in [6, 6.07) is 6.64. The number of hydrogen-bond donors (Lipinski definition) is 1. The fourth-order valence-electron chi connectivity index (χ4n) is 12.2. The first-order chi connectivity index (χ1) is 21.5. The lowest BCUT2D eigenvalue weighted by Gasteiger charge is -2.71. The number of nitrogens with one attached hydrogen (secondary N) is 1. The molecule has 4 unspecified atom stereocenters. The number of carbonyl (C=O) groups is 3. The average molecular weight is 634 g/mol. The van der Waals surface area contributed by atoms with E-state index >= 15 is 0 Å². The normalized spacial score (nSPS) is 40.7. The Morgan fingerprint density at radius 2 is 1.63 bits per heavy atom. The number of ketones is 1. The van der Waals surface area contributed by atoms with E-state index in [-0.39, 0.29) is 57.0 Å². The predicted octanol–water partition coefficient (Wildman–Crippen LogP) is 8.25. The quantitative estimate of drug-likeness (QED) is 0.201. The van der Waals surface area contributed by atoms with Crippen LogP contribution in [0.1, 0.15) is 112 Å². The molecule has 0 radical (unpaired) electrons. The Morgan fingerprint density at radius 3 is 2.33 bits per heavy atom. The molecule has 4 fully saturated rings. The monoisotopic (exact) mass is 633 g/mol. The van der Waals surface area contributed by atoms with Gasteiger partial charge in [0, 0.05) is 12.0 Å². The maximum absolute atomic E-state index is 14.2. The van der Waals surface area contributed by atoms with Gasteiger partial charge >= 0.3 is 5.97 Å². The minimum absolute atomic E-state index is 0.0193. The number of allylic oxidation sites excluding steroid dienone is 2. The number of halogens is 1. The SMILES string of the molecule is COC(=O)[C@]12CCC(C)(C)CC1C1=CCC3[C@@]4(C)CC(C(=O)NCCc5ccccc5F)C(=O)C(C)(C)C4CC[C@@]3(C)[C@]1(C)CC2. The fourth-order valence-corrected chi connectivity index (χ4v) is 12.2. The third-order valence-corrected chi connectivity index (χ3v) is 14.9. The fraction of sp³-hybridized carbons (Fsp3) is 0.725. The van der Waals surface area contributed by atoms with E-state index in [2.05, 4.69) is 59.9 Å². The topological polar surface area (TPSA) is 72.5 Å². The lowest BCUT2D eigenvalue weighted by Crippen LogP contribution is -2.66. The number of benzene rings is 1. The number of Topliss-reactive ketones (excluding diaryl/α,β-unsaturated/α-hetero) is 1. The molecule has 6 rings (SSSR count). The van der Waals surface area contributed by atoms with Crippen LogP contribution in [0.3, 0.4) is 0 Å². The van der Waals surface area contributed by atoms with E-state index in [9.17, 15) is 18.8 Å². The average Bonchev–Trinajstić information content (AvgIpc) is 2.99. The highest BCUT2D eigenvalue weighted by atomic mass is 19.1. The van der Waals surface area contributed by atoms with Crippen molar-refractivity contribution >= 4 is 17.7 Å². The van der Waals surface area contributed by atoms with Crippen LogP contribution in [0.25, 0.3) is 0 Å². The Kier molecular flexibility index (Phi) is 8.00. The molecular weight excluding hydrogens is 577 g/mol. The zero-order valence-electron chi connectivity index (χ0n) is 29.5. The molecule has 1 amide bonds. The smallest absolute Gasteiger partial charge is 0.312 e. The van der Waals surface area contributed by atoms with Crippen molar-refractivity contribution in [2.24, 2.45) is 56.2 Å². The summed E-state index contributed by atoms with van der Waals surface area (Å²) >= 11 is 0. The van der Waals surface area contributed by atoms with Crippen LogP contribution in [0.2, 0.25) is 0 Å². The van der Waals surface area contributed by atoms with E-state index < -0.39 is 16.7 Å². The summed E-state index contributed by atoms with van der Waals surface area (Å²) in [7, 11) is 1.55. The summed E-state index contributed by atoms with van der Waals surface area (Å²) in [6.45, 7) is 16.5. The number of esters is 1. The van der Waals surface area contributed by atoms with E-state index in [1.54, 1.807) is 25.3 Å². The molecule has 5 aliphatic rings. The molecule has 0 bridgehead atoms. The van der Waals surface area contributed by atoms with Crippen LogP contribution in [0.5, 0.6) is 0 Å². The molecule has 46 heavy (non-hydrogen) atoms. The van der Waals surface area contributed by atoms with Gasteiger partial charge in [-0.15, -0.1) is 0 Å². The minimum Gasteiger partial charge on any atom is -0.469 e. The van der Waals surface area contributed by atoms with Gasteiger partial charge in [-0.25, -0.2) is 4.39 Å². The van der Waals surface area contributed by atoms with Gasteiger partial charge in [0.1, 0.15) is 5.82 Å². The van der Waals surface area contributed by atoms with E-state index in [1.807, 2.05) is 0 Å². The molecule has 5 aliphatic carbocycles. The number of ether oxygens (including phenoxy) is 1. The second-order valence-electron chi connectivity index (χ2n) is 17.8. The van der Waals surface area contributed by atoms with Crippen LogP contribution in [0.15, 0.2) is 35.9 Å². The van der Waals surface area contributed by atoms with Crippen LogP contribution >= 0.6 is 0 Å². The third-order valence-electron chi connectivity index (χ3n) is 14.9. The number of methoxy groups -OCH3 is 1. The first kappa shape index (κ1) is 33.4. The summed E-state index contributed by atoms with van der Waals surface area (Å²) in [5, 5.41) is 3.02. The lowest BCUT2D eigenvalue weighted by atomic mass is 9.33. The Hall–Kier alpha value is -2.50. The van der Waals surface area contributed by atoms with Crippen molar-refractivity contribution in [3.63, 3.8) is 0 Å². The van der Waals surface area contributed by atoms with Crippen molar-refractivity contribution < 1.29 is 23.5 Å². The third kappa shape index (κ3) is 4.69. The van der Waals surface area contributed by atoms with Crippen molar-refractivity contribution in [1.82, 2.24) is 5.32 Å². The van der Waals surface area contributed by atoms with Gasteiger partial charge in [-0.05, 0) is 115 Å². The van der Waals surface area contributed by atoms with Crippen molar-refractivity contribution in [2.75, 3.05) is 13.7 Å². The maximum atomic E-state index is 14.2. The summed E-state index contributed by atoms with van der Waals surface area (Å²) in [5.74, 6) is -0.498. The van der Waals surface area contributed by atoms with Gasteiger partial charge in [0.2, 0.25) is 5.91 Å². The Bertz CT molecular complexity index is 1460. The van der Waals surface area contributed by atoms with Crippen molar-refractivity contribution in [3.05, 3.63) is 47.3 Å². The van der Waals surface area contributed by atoms with Gasteiger partial charge in [0.15, 0.2) is 5.78 Å². The number of rotatable bonds is 5. The Balaban J connectivity index is 1.32. The number of amides is 1. The number of hydrogen-bond acceptors (Lipinski definition) is 4. The van der Waals surface area contributed by atoms with Crippen LogP contribution in [-0.2, 0) is 25.5 Å². The molecule has 252 valence electrons. The maximum Gasteiger partial charge on any atom is 0.312 e. The van der Waals surface area contributed by atoms with Crippen LogP contribution in [0.4, 0.5) is 4.39 Å². The van der Waals surface area contributed by atoms with E-state index in [0.717, 1.165) is 51.4 Å². The van der Waals surface area contributed by atoms with Gasteiger partial charge in [-0.1, -0.05) is 78.3 Å². The molecule has 0 aromatic heterocycles. The molecular formula is C40H56FNO4. The summed E-state index contributed by atoms with van der Waals surface area (Å²) in [6.07, 6.45) is 11.1. The first-order valence-corrected chi connectivity index (χ1v) is 17.8. The molecule has 0 spiro atoms. The van der Waals surface area contributed by atoms with Gasteiger partial charge in [0.05, 0.1) is 18.4 Å². The zero-order chi connectivity index (χ0) is 33.5. The molecule has 8 atom stereocenters. The van der Waals surface area contributed by atoms with Gasteiger partial charge in [-0.2, -0.15) is 0 Å². The second kappa shape index (κ2) is 11.0. The molecule has 0 heterocycles. The summed E-state index contributed by atoms with van der Waals surface area (Å²) in [5.41, 5.74) is 0.867. The second-order valence-corrected chi connectivity index (χ2v) is 17.8. The molecule has 5 nitrogen and oxygen atoms in total. The largest absolute Gasteiger partial charge is 0.469 e. The van der Waals surface area contributed by atoms with Crippen LogP contribution < -0.4 is 5.32 Å². The summed E-state index contributed by atoms with van der Waals surface area (Å²) < 4.78 is 19.7. The molecule has 1 aromatic carbocycles. The molecule has 1 aromatic rings. The Labute approximate surface area is 275 Å². The zero-order valence-corrected chi connectivity index (χ0v) is 29.5. The highest BCUT2D eigenvalue weighted by Crippen LogP contribution is 2.75. The van der Waals surface area contributed by atoms with Crippen LogP contribution in [0, 0.1) is 62.0 Å². The van der Waals surface area contributed by atoms with E-state index in [4.69, 9.17) is 4.74 Å². The van der Waals surface area contributed by atoms with Gasteiger partial charge in [0.25, 0.3) is 0 Å². The predicted molar refractivity (Wildman–Crippen MR) is 178 cm³/mol. The highest BCUT2D eigenvalue weighted by Gasteiger charge is 2.70. The Morgan fingerprint density at radius 1 is 0.935 bits per heavy atom. The van der Waals surface area contributed by atoms with Crippen molar-refractivity contribution in [2.45, 2.75) is 113 Å². The van der Waals surface area contributed by atoms with Gasteiger partial charge in [-0.3, -0.25) is 14.4 Å². The van der Waals surface area contributed by atoms with E-state index in [0.29, 0.717) is 30.9 Å². The van der Waals surface area contributed by atoms with Gasteiger partial charge < -0.3 is 10.1 Å². The minimum atomic E-state index is -0.713. The standard InChI is InChI=1S/C40H56FNO4/c1-35(2)18-20-40(34(45)46-8)21-19-38(6)27(28(40)24-35)13-14-31-37(5)23-26(32(43)36(3,4)30(37)15-17-39(31,38)7)33(44)42-22-16-25-11-9-10-12-29(25)41/h9-13,26,28,30-31H,14-24H2,1-8H3,(H,42,44)/t26?,28?,30?,31?,37-,38+,39+,40-/m0/s1. The van der Waals surface area contributed by atoms with Crippen molar-refractivity contribution in [1.29, 1.82) is 0 Å². The highest BCUT2D eigenvalue weighted by molar-refractivity contribution is 6.04.